The smallest absolute Gasteiger partial charge is 0.233 e. The van der Waals surface area contributed by atoms with Gasteiger partial charge in [-0.3, -0.25) is 9.36 Å². The van der Waals surface area contributed by atoms with Gasteiger partial charge >= 0.3 is 0 Å². The molecule has 3 aromatic heterocycles. The second-order valence-corrected chi connectivity index (χ2v) is 9.71. The third-order valence-corrected chi connectivity index (χ3v) is 7.19. The van der Waals surface area contributed by atoms with Gasteiger partial charge in [0, 0.05) is 25.0 Å². The van der Waals surface area contributed by atoms with E-state index in [2.05, 4.69) is 26.6 Å². The lowest BCUT2D eigenvalue weighted by Gasteiger charge is -2.31. The van der Waals surface area contributed by atoms with Gasteiger partial charge in [-0.2, -0.15) is 0 Å². The van der Waals surface area contributed by atoms with Crippen LogP contribution in [0.4, 0.5) is 5.95 Å². The molecule has 4 heterocycles. The number of piperidine rings is 1. The number of carbonyl (C=O) groups excluding carboxylic acids is 1. The number of thioether (sulfide) groups is 1. The maximum absolute atomic E-state index is 12.6. The number of furan rings is 1. The van der Waals surface area contributed by atoms with Crippen LogP contribution < -0.4 is 4.90 Å². The van der Waals surface area contributed by atoms with E-state index in [-0.39, 0.29) is 5.91 Å². The van der Waals surface area contributed by atoms with E-state index in [0.717, 1.165) is 48.7 Å². The quantitative estimate of drug-likeness (QED) is 0.489. The van der Waals surface area contributed by atoms with Crippen LogP contribution in [0.1, 0.15) is 30.4 Å². The molecule has 1 fully saturated rings. The number of rotatable bonds is 8. The number of amides is 1. The van der Waals surface area contributed by atoms with Crippen molar-refractivity contribution in [2.24, 2.45) is 5.92 Å². The number of nitrogens with zero attached hydrogens (tertiary/aromatic N) is 5. The molecule has 0 N–H and O–H groups in total. The van der Waals surface area contributed by atoms with Gasteiger partial charge in [-0.05, 0) is 42.3 Å². The van der Waals surface area contributed by atoms with Crippen LogP contribution in [0.2, 0.25) is 0 Å². The molecule has 0 atom stereocenters. The van der Waals surface area contributed by atoms with E-state index in [1.165, 1.54) is 16.6 Å². The monoisotopic (exact) mass is 445 g/mol. The van der Waals surface area contributed by atoms with Crippen LogP contribution in [0.3, 0.4) is 0 Å². The fourth-order valence-corrected chi connectivity index (χ4v) is 5.12. The van der Waals surface area contributed by atoms with Gasteiger partial charge in [0.2, 0.25) is 11.9 Å². The molecule has 0 spiro atoms. The molecule has 0 aliphatic carbocycles. The van der Waals surface area contributed by atoms with Gasteiger partial charge in [0.1, 0.15) is 5.76 Å². The highest BCUT2D eigenvalue weighted by atomic mass is 32.2. The summed E-state index contributed by atoms with van der Waals surface area (Å²) in [6, 6.07) is 7.90. The van der Waals surface area contributed by atoms with Crippen molar-refractivity contribution < 1.29 is 9.21 Å². The average Bonchev–Trinajstić information content (AvgIpc) is 3.50. The predicted molar refractivity (Wildman–Crippen MR) is 120 cm³/mol. The third-order valence-electron chi connectivity index (χ3n) is 5.38. The first-order valence-electron chi connectivity index (χ1n) is 10.2. The standard InChI is InChI=1S/C21H27N5O2S2/c1-16-7-9-25(10-8-16)20-22-23-21(26(20)13-17-5-3-11-28-17)30-15-19(27)24(2)14-18-6-4-12-29-18/h3-6,11-12,16H,7-10,13-15H2,1-2H3. The molecular weight excluding hydrogens is 418 g/mol. The SMILES string of the molecule is CC1CCN(c2nnc(SCC(=O)N(C)Cc3cccs3)n2Cc2ccco2)CC1. The van der Waals surface area contributed by atoms with Gasteiger partial charge in [-0.15, -0.1) is 21.5 Å². The largest absolute Gasteiger partial charge is 0.467 e. The second-order valence-electron chi connectivity index (χ2n) is 7.74. The Kier molecular flexibility index (Phi) is 6.79. The molecular formula is C21H27N5O2S2. The van der Waals surface area contributed by atoms with Crippen molar-refractivity contribution in [1.82, 2.24) is 19.7 Å². The van der Waals surface area contributed by atoms with Crippen LogP contribution in [0, 0.1) is 5.92 Å². The van der Waals surface area contributed by atoms with E-state index in [1.54, 1.807) is 22.5 Å². The fraction of sp³-hybridized carbons (Fsp3) is 0.476. The van der Waals surface area contributed by atoms with Crippen LogP contribution in [0.5, 0.6) is 0 Å². The summed E-state index contributed by atoms with van der Waals surface area (Å²) < 4.78 is 7.64. The highest BCUT2D eigenvalue weighted by molar-refractivity contribution is 7.99. The van der Waals surface area contributed by atoms with Crippen molar-refractivity contribution in [3.63, 3.8) is 0 Å². The maximum Gasteiger partial charge on any atom is 0.233 e. The Morgan fingerprint density at radius 1 is 1.30 bits per heavy atom. The van der Waals surface area contributed by atoms with Crippen LogP contribution in [-0.2, 0) is 17.9 Å². The maximum atomic E-state index is 12.6. The summed E-state index contributed by atoms with van der Waals surface area (Å²) in [4.78, 5) is 17.9. The fourth-order valence-electron chi connectivity index (χ4n) is 3.49. The molecule has 1 aliphatic heterocycles. The molecule has 3 aromatic rings. The molecule has 4 rings (SSSR count). The number of thiophene rings is 1. The molecule has 0 radical (unpaired) electrons. The number of carbonyl (C=O) groups is 1. The zero-order valence-electron chi connectivity index (χ0n) is 17.4. The Morgan fingerprint density at radius 2 is 2.13 bits per heavy atom. The zero-order valence-corrected chi connectivity index (χ0v) is 19.0. The first kappa shape index (κ1) is 21.0. The minimum atomic E-state index is 0.0781. The van der Waals surface area contributed by atoms with Crippen LogP contribution >= 0.6 is 23.1 Å². The first-order chi connectivity index (χ1) is 14.6. The van der Waals surface area contributed by atoms with Gasteiger partial charge in [0.15, 0.2) is 5.16 Å². The minimum absolute atomic E-state index is 0.0781. The van der Waals surface area contributed by atoms with E-state index < -0.39 is 0 Å². The summed E-state index contributed by atoms with van der Waals surface area (Å²) >= 11 is 3.10. The molecule has 9 heteroatoms. The summed E-state index contributed by atoms with van der Waals surface area (Å²) in [6.45, 7) is 5.44. The molecule has 0 bridgehead atoms. The lowest BCUT2D eigenvalue weighted by molar-refractivity contribution is -0.127. The zero-order chi connectivity index (χ0) is 20.9. The van der Waals surface area contributed by atoms with Crippen molar-refractivity contribution in [2.45, 2.75) is 38.0 Å². The predicted octanol–water partition coefficient (Wildman–Crippen LogP) is 3.97. The molecule has 0 aromatic carbocycles. The van der Waals surface area contributed by atoms with Gasteiger partial charge < -0.3 is 14.2 Å². The Hall–Kier alpha value is -2.26. The van der Waals surface area contributed by atoms with E-state index in [0.29, 0.717) is 18.8 Å². The molecule has 7 nitrogen and oxygen atoms in total. The van der Waals surface area contributed by atoms with Crippen LogP contribution in [0.15, 0.2) is 45.5 Å². The van der Waals surface area contributed by atoms with Gasteiger partial charge in [0.25, 0.3) is 0 Å². The van der Waals surface area contributed by atoms with E-state index >= 15 is 0 Å². The number of anilines is 1. The Bertz CT molecular complexity index is 931. The van der Waals surface area contributed by atoms with Crippen LogP contribution in [0.25, 0.3) is 0 Å². The van der Waals surface area contributed by atoms with Crippen molar-refractivity contribution in [3.8, 4) is 0 Å². The highest BCUT2D eigenvalue weighted by Gasteiger charge is 2.24. The Labute approximate surface area is 185 Å². The van der Waals surface area contributed by atoms with E-state index in [4.69, 9.17) is 4.42 Å². The molecule has 160 valence electrons. The Balaban J connectivity index is 1.45. The van der Waals surface area contributed by atoms with Crippen molar-refractivity contribution in [1.29, 1.82) is 0 Å². The summed E-state index contributed by atoms with van der Waals surface area (Å²) in [6.07, 6.45) is 3.99. The summed E-state index contributed by atoms with van der Waals surface area (Å²) in [5.41, 5.74) is 0. The number of hydrogen-bond acceptors (Lipinski definition) is 7. The van der Waals surface area contributed by atoms with Gasteiger partial charge in [-0.25, -0.2) is 0 Å². The molecule has 1 aliphatic rings. The van der Waals surface area contributed by atoms with Gasteiger partial charge in [0.05, 0.1) is 25.1 Å². The van der Waals surface area contributed by atoms with E-state index in [1.807, 2.05) is 36.7 Å². The second kappa shape index (κ2) is 9.70. The number of hydrogen-bond donors (Lipinski definition) is 0. The lowest BCUT2D eigenvalue weighted by atomic mass is 10.00. The molecule has 1 amide bonds. The van der Waals surface area contributed by atoms with Gasteiger partial charge in [-0.1, -0.05) is 24.8 Å². The van der Waals surface area contributed by atoms with E-state index in [9.17, 15) is 4.79 Å². The van der Waals surface area contributed by atoms with Crippen molar-refractivity contribution in [3.05, 3.63) is 46.5 Å². The molecule has 0 unspecified atom stereocenters. The summed E-state index contributed by atoms with van der Waals surface area (Å²) in [5.74, 6) is 2.86. The Morgan fingerprint density at radius 3 is 2.83 bits per heavy atom. The summed E-state index contributed by atoms with van der Waals surface area (Å²) in [5, 5.41) is 11.7. The normalized spacial score (nSPS) is 14.9. The highest BCUT2D eigenvalue weighted by Crippen LogP contribution is 2.27. The third kappa shape index (κ3) is 5.07. The molecule has 30 heavy (non-hydrogen) atoms. The molecule has 1 saturated heterocycles. The van der Waals surface area contributed by atoms with Crippen molar-refractivity contribution in [2.75, 3.05) is 30.8 Å². The minimum Gasteiger partial charge on any atom is -0.467 e. The number of aromatic nitrogens is 3. The van der Waals surface area contributed by atoms with Crippen molar-refractivity contribution >= 4 is 35.0 Å². The topological polar surface area (TPSA) is 67.4 Å². The summed E-state index contributed by atoms with van der Waals surface area (Å²) in [7, 11) is 1.84. The average molecular weight is 446 g/mol. The lowest BCUT2D eigenvalue weighted by Crippen LogP contribution is -2.35. The van der Waals surface area contributed by atoms with Crippen LogP contribution in [-0.4, -0.2) is 51.5 Å². The first-order valence-corrected chi connectivity index (χ1v) is 12.1. The molecule has 0 saturated carbocycles.